The number of hydrogen-bond donors (Lipinski definition) is 2. The smallest absolute Gasteiger partial charge is 0.348 e. The predicted molar refractivity (Wildman–Crippen MR) is 132 cm³/mol. The van der Waals surface area contributed by atoms with Crippen LogP contribution in [0.5, 0.6) is 17.8 Å². The SMILES string of the molecule is COc1cc(OC)nc(O[C@H](C(=O)OCCOCCON(O)O)C(C)(c2ccccc2)c2ccccc2)n1. The molecule has 3 aromatic rings. The van der Waals surface area contributed by atoms with Crippen LogP contribution in [0.25, 0.3) is 0 Å². The van der Waals surface area contributed by atoms with E-state index < -0.39 is 22.9 Å². The van der Waals surface area contributed by atoms with Crippen molar-refractivity contribution in [3.8, 4) is 17.8 Å². The molecule has 1 atom stereocenters. The fourth-order valence-corrected chi connectivity index (χ4v) is 3.75. The van der Waals surface area contributed by atoms with Gasteiger partial charge in [0.25, 0.3) is 0 Å². The Morgan fingerprint density at radius 2 is 1.39 bits per heavy atom. The first-order chi connectivity index (χ1) is 18.4. The summed E-state index contributed by atoms with van der Waals surface area (Å²) in [5.74, 6) is -0.289. The minimum atomic E-state index is -1.23. The number of aromatic nitrogens is 2. The van der Waals surface area contributed by atoms with E-state index in [0.717, 1.165) is 11.1 Å². The summed E-state index contributed by atoms with van der Waals surface area (Å²) in [5, 5.41) is 16.7. The lowest BCUT2D eigenvalue weighted by atomic mass is 9.71. The molecule has 0 saturated heterocycles. The van der Waals surface area contributed by atoms with Gasteiger partial charge >= 0.3 is 12.0 Å². The molecular formula is C26H31N3O9. The highest BCUT2D eigenvalue weighted by Crippen LogP contribution is 2.38. The number of ether oxygens (including phenoxy) is 5. The topological polar surface area (TPSA) is 142 Å². The van der Waals surface area contributed by atoms with Crippen LogP contribution in [0.3, 0.4) is 0 Å². The number of hydrogen-bond acceptors (Lipinski definition) is 12. The average Bonchev–Trinajstić information content (AvgIpc) is 2.95. The van der Waals surface area contributed by atoms with Crippen molar-refractivity contribution >= 4 is 5.97 Å². The highest BCUT2D eigenvalue weighted by molar-refractivity contribution is 5.79. The summed E-state index contributed by atoms with van der Waals surface area (Å²) >= 11 is 0. The summed E-state index contributed by atoms with van der Waals surface area (Å²) in [6.45, 7) is 1.75. The summed E-state index contributed by atoms with van der Waals surface area (Å²) in [4.78, 5) is 26.5. The molecule has 0 fully saturated rings. The molecule has 1 heterocycles. The standard InChI is InChI=1S/C26H31N3O9/c1-26(19-10-6-4-7-11-19,20-12-8-5-9-13-20)23(24(30)36-16-14-35-15-17-37-29(31)32)38-25-27-21(33-2)18-22(28-25)34-3/h4-13,18,23,31-32H,14-17H2,1-3H3/t23-/m1/s1. The summed E-state index contributed by atoms with van der Waals surface area (Å²) < 4.78 is 27.5. The van der Waals surface area contributed by atoms with Gasteiger partial charge in [0.1, 0.15) is 6.61 Å². The van der Waals surface area contributed by atoms with Crippen LogP contribution in [0, 0.1) is 0 Å². The van der Waals surface area contributed by atoms with Gasteiger partial charge in [-0.3, -0.25) is 10.4 Å². The largest absolute Gasteiger partial charge is 0.481 e. The Kier molecular flexibility index (Phi) is 10.8. The lowest BCUT2D eigenvalue weighted by molar-refractivity contribution is -0.493. The van der Waals surface area contributed by atoms with Gasteiger partial charge in [0.05, 0.1) is 50.9 Å². The molecule has 2 aromatic carbocycles. The fraction of sp³-hybridized carbons (Fsp3) is 0.346. The van der Waals surface area contributed by atoms with E-state index in [-0.39, 0.29) is 44.2 Å². The Morgan fingerprint density at radius 3 is 1.89 bits per heavy atom. The minimum Gasteiger partial charge on any atom is -0.481 e. The van der Waals surface area contributed by atoms with Crippen LogP contribution in [0.15, 0.2) is 66.7 Å². The van der Waals surface area contributed by atoms with Crippen molar-refractivity contribution in [3.05, 3.63) is 77.9 Å². The maximum absolute atomic E-state index is 13.6. The molecular weight excluding hydrogens is 498 g/mol. The number of carbonyl (C=O) groups is 1. The molecule has 0 saturated carbocycles. The fourth-order valence-electron chi connectivity index (χ4n) is 3.75. The maximum atomic E-state index is 13.6. The van der Waals surface area contributed by atoms with Gasteiger partial charge in [-0.25, -0.2) is 9.63 Å². The number of carbonyl (C=O) groups excluding carboxylic acids is 1. The molecule has 0 aliphatic rings. The number of nitrogens with zero attached hydrogens (tertiary/aromatic N) is 3. The van der Waals surface area contributed by atoms with Gasteiger partial charge in [0.2, 0.25) is 17.9 Å². The van der Waals surface area contributed by atoms with Crippen molar-refractivity contribution in [2.45, 2.75) is 18.4 Å². The first-order valence-corrected chi connectivity index (χ1v) is 11.7. The third kappa shape index (κ3) is 7.60. The quantitative estimate of drug-likeness (QED) is 0.170. The van der Waals surface area contributed by atoms with Crippen molar-refractivity contribution in [2.24, 2.45) is 0 Å². The van der Waals surface area contributed by atoms with Gasteiger partial charge in [-0.15, -0.1) is 0 Å². The first-order valence-electron chi connectivity index (χ1n) is 11.7. The van der Waals surface area contributed by atoms with Crippen LogP contribution in [0.4, 0.5) is 0 Å². The number of methoxy groups -OCH3 is 2. The summed E-state index contributed by atoms with van der Waals surface area (Å²) in [6, 6.07) is 20.2. The van der Waals surface area contributed by atoms with E-state index in [1.807, 2.05) is 67.6 Å². The van der Waals surface area contributed by atoms with E-state index in [2.05, 4.69) is 14.8 Å². The zero-order chi connectivity index (χ0) is 27.4. The Labute approximate surface area is 220 Å². The van der Waals surface area contributed by atoms with E-state index in [1.54, 1.807) is 0 Å². The molecule has 1 aromatic heterocycles. The second kappa shape index (κ2) is 14.2. The number of benzene rings is 2. The molecule has 38 heavy (non-hydrogen) atoms. The molecule has 2 N–H and O–H groups in total. The first kappa shape index (κ1) is 28.8. The van der Waals surface area contributed by atoms with E-state index in [9.17, 15) is 4.79 Å². The third-order valence-electron chi connectivity index (χ3n) is 5.69. The highest BCUT2D eigenvalue weighted by atomic mass is 17.1. The van der Waals surface area contributed by atoms with Gasteiger partial charge in [-0.05, 0) is 18.1 Å². The Hall–Kier alpha value is -3.81. The zero-order valence-electron chi connectivity index (χ0n) is 21.4. The van der Waals surface area contributed by atoms with Gasteiger partial charge < -0.3 is 23.7 Å². The molecule has 3 rings (SSSR count). The average molecular weight is 530 g/mol. The minimum absolute atomic E-state index is 0.0373. The van der Waals surface area contributed by atoms with Crippen LogP contribution in [-0.2, 0) is 24.5 Å². The molecule has 0 amide bonds. The molecule has 0 bridgehead atoms. The van der Waals surface area contributed by atoms with Crippen LogP contribution < -0.4 is 14.2 Å². The molecule has 0 radical (unpaired) electrons. The molecule has 12 nitrogen and oxygen atoms in total. The van der Waals surface area contributed by atoms with Crippen LogP contribution >= 0.6 is 0 Å². The predicted octanol–water partition coefficient (Wildman–Crippen LogP) is 2.82. The van der Waals surface area contributed by atoms with Gasteiger partial charge in [0.15, 0.2) is 0 Å². The third-order valence-corrected chi connectivity index (χ3v) is 5.69. The van der Waals surface area contributed by atoms with Crippen molar-refractivity contribution in [2.75, 3.05) is 40.6 Å². The van der Waals surface area contributed by atoms with Crippen LogP contribution in [-0.4, -0.2) is 78.5 Å². The van der Waals surface area contributed by atoms with E-state index in [0.29, 0.717) is 0 Å². The Balaban J connectivity index is 1.92. The second-order valence-electron chi connectivity index (χ2n) is 8.03. The van der Waals surface area contributed by atoms with Crippen LogP contribution in [0.1, 0.15) is 18.1 Å². The van der Waals surface area contributed by atoms with Crippen molar-refractivity contribution < 1.29 is 43.7 Å². The van der Waals surface area contributed by atoms with E-state index in [4.69, 9.17) is 34.1 Å². The summed E-state index contributed by atoms with van der Waals surface area (Å²) in [5.41, 5.74) is 0.572. The monoisotopic (exact) mass is 529 g/mol. The van der Waals surface area contributed by atoms with Crippen molar-refractivity contribution in [1.29, 1.82) is 0 Å². The maximum Gasteiger partial charge on any atom is 0.348 e. The normalized spacial score (nSPS) is 12.2. The lowest BCUT2D eigenvalue weighted by Gasteiger charge is -2.36. The molecule has 0 spiro atoms. The lowest BCUT2D eigenvalue weighted by Crippen LogP contribution is -2.48. The Bertz CT molecular complexity index is 1070. The van der Waals surface area contributed by atoms with E-state index >= 15 is 0 Å². The number of rotatable bonds is 15. The summed E-state index contributed by atoms with van der Waals surface area (Å²) in [6.07, 6.45) is -1.23. The Morgan fingerprint density at radius 1 is 0.868 bits per heavy atom. The number of esters is 1. The van der Waals surface area contributed by atoms with E-state index in [1.165, 1.54) is 20.3 Å². The van der Waals surface area contributed by atoms with Crippen LogP contribution in [0.2, 0.25) is 0 Å². The van der Waals surface area contributed by atoms with Gasteiger partial charge in [-0.2, -0.15) is 9.97 Å². The van der Waals surface area contributed by atoms with Gasteiger partial charge in [0, 0.05) is 0 Å². The molecule has 0 unspecified atom stereocenters. The molecule has 12 heteroatoms. The molecule has 0 aliphatic carbocycles. The van der Waals surface area contributed by atoms with Gasteiger partial charge in [-0.1, -0.05) is 60.7 Å². The molecule has 0 aliphatic heterocycles. The second-order valence-corrected chi connectivity index (χ2v) is 8.03. The summed E-state index contributed by atoms with van der Waals surface area (Å²) in [7, 11) is 2.89. The highest BCUT2D eigenvalue weighted by Gasteiger charge is 2.46. The van der Waals surface area contributed by atoms with Crippen molar-refractivity contribution in [1.82, 2.24) is 15.4 Å². The molecule has 204 valence electrons. The van der Waals surface area contributed by atoms with Crippen molar-refractivity contribution in [3.63, 3.8) is 0 Å². The zero-order valence-corrected chi connectivity index (χ0v) is 21.4.